The molecule has 3 aromatic rings. The van der Waals surface area contributed by atoms with Crippen LogP contribution < -0.4 is 5.43 Å². The number of aryl methyl sites for hydroxylation is 2. The molecule has 0 aromatic heterocycles. The van der Waals surface area contributed by atoms with E-state index < -0.39 is 0 Å². The van der Waals surface area contributed by atoms with Gasteiger partial charge in [-0.3, -0.25) is 5.43 Å². The van der Waals surface area contributed by atoms with E-state index in [4.69, 9.17) is 5.10 Å². The third kappa shape index (κ3) is 2.33. The Hall–Kier alpha value is -2.87. The van der Waals surface area contributed by atoms with Gasteiger partial charge in [0.25, 0.3) is 0 Å². The van der Waals surface area contributed by atoms with Gasteiger partial charge in [-0.2, -0.15) is 5.10 Å². The lowest BCUT2D eigenvalue weighted by atomic mass is 10.1. The Morgan fingerprint density at radius 3 is 1.83 bits per heavy atom. The van der Waals surface area contributed by atoms with Crippen LogP contribution in [-0.2, 0) is 0 Å². The third-order valence-corrected chi connectivity index (χ3v) is 4.32. The Kier molecular flexibility index (Phi) is 3.23. The Labute approximate surface area is 136 Å². The summed E-state index contributed by atoms with van der Waals surface area (Å²) >= 11 is 0. The quantitative estimate of drug-likeness (QED) is 0.509. The first-order valence-electron chi connectivity index (χ1n) is 7.84. The van der Waals surface area contributed by atoms with Gasteiger partial charge in [-0.15, -0.1) is 0 Å². The van der Waals surface area contributed by atoms with Crippen LogP contribution in [0.4, 0.5) is 5.69 Å². The van der Waals surface area contributed by atoms with Gasteiger partial charge in [0, 0.05) is 11.1 Å². The number of hydrazone groups is 1. The molecule has 0 aliphatic heterocycles. The predicted molar refractivity (Wildman–Crippen MR) is 97.1 cm³/mol. The van der Waals surface area contributed by atoms with E-state index in [-0.39, 0.29) is 0 Å². The largest absolute Gasteiger partial charge is 0.278 e. The fourth-order valence-electron chi connectivity index (χ4n) is 3.17. The Balaban J connectivity index is 1.79. The van der Waals surface area contributed by atoms with Gasteiger partial charge in [-0.25, -0.2) is 0 Å². The summed E-state index contributed by atoms with van der Waals surface area (Å²) in [6.45, 7) is 4.21. The highest BCUT2D eigenvalue weighted by Gasteiger charge is 2.23. The molecule has 0 saturated carbocycles. The number of rotatable bonds is 2. The number of nitrogens with one attached hydrogen (secondary N) is 1. The molecule has 23 heavy (non-hydrogen) atoms. The van der Waals surface area contributed by atoms with Crippen LogP contribution in [-0.4, -0.2) is 5.71 Å². The minimum atomic E-state index is 1.01. The minimum absolute atomic E-state index is 1.01. The molecule has 0 atom stereocenters. The van der Waals surface area contributed by atoms with Crippen LogP contribution in [0.15, 0.2) is 71.8 Å². The van der Waals surface area contributed by atoms with Crippen molar-refractivity contribution in [2.75, 3.05) is 5.43 Å². The Bertz CT molecular complexity index is 875. The van der Waals surface area contributed by atoms with Crippen LogP contribution in [0.2, 0.25) is 0 Å². The summed E-state index contributed by atoms with van der Waals surface area (Å²) in [6.07, 6.45) is 0. The first-order valence-corrected chi connectivity index (χ1v) is 7.84. The molecule has 0 spiro atoms. The highest BCUT2D eigenvalue weighted by Crippen LogP contribution is 2.36. The van der Waals surface area contributed by atoms with Crippen molar-refractivity contribution in [3.8, 4) is 11.1 Å². The van der Waals surface area contributed by atoms with Gasteiger partial charge in [-0.1, -0.05) is 66.2 Å². The summed E-state index contributed by atoms with van der Waals surface area (Å²) in [6, 6.07) is 23.2. The molecule has 1 aliphatic carbocycles. The molecule has 0 bridgehead atoms. The smallest absolute Gasteiger partial charge is 0.0990 e. The molecule has 0 radical (unpaired) electrons. The molecule has 2 heteroatoms. The van der Waals surface area contributed by atoms with Gasteiger partial charge < -0.3 is 0 Å². The maximum Gasteiger partial charge on any atom is 0.0990 e. The average molecular weight is 298 g/mol. The molecule has 2 nitrogen and oxygen atoms in total. The lowest BCUT2D eigenvalue weighted by molar-refractivity contribution is 1.28. The van der Waals surface area contributed by atoms with Crippen LogP contribution in [0.25, 0.3) is 11.1 Å². The van der Waals surface area contributed by atoms with E-state index in [1.54, 1.807) is 0 Å². The third-order valence-electron chi connectivity index (χ3n) is 4.32. The van der Waals surface area contributed by atoms with Crippen LogP contribution in [0.5, 0.6) is 0 Å². The van der Waals surface area contributed by atoms with Gasteiger partial charge in [-0.05, 0) is 36.6 Å². The molecular formula is C21H18N2. The molecule has 112 valence electrons. The molecule has 1 aliphatic rings. The number of benzene rings is 3. The molecule has 3 aromatic carbocycles. The number of fused-ring (bicyclic) bond motifs is 3. The maximum atomic E-state index is 4.73. The fraction of sp³-hybridized carbons (Fsp3) is 0.0952. The monoisotopic (exact) mass is 298 g/mol. The van der Waals surface area contributed by atoms with Crippen LogP contribution in [0.3, 0.4) is 0 Å². The van der Waals surface area contributed by atoms with Crippen molar-refractivity contribution in [2.45, 2.75) is 13.8 Å². The van der Waals surface area contributed by atoms with E-state index in [2.05, 4.69) is 86.0 Å². The van der Waals surface area contributed by atoms with Crippen molar-refractivity contribution in [1.82, 2.24) is 0 Å². The van der Waals surface area contributed by atoms with Gasteiger partial charge in [0.15, 0.2) is 0 Å². The highest BCUT2D eigenvalue weighted by atomic mass is 15.3. The highest BCUT2D eigenvalue weighted by molar-refractivity contribution is 6.24. The van der Waals surface area contributed by atoms with E-state index >= 15 is 0 Å². The van der Waals surface area contributed by atoms with Gasteiger partial charge in [0.1, 0.15) is 0 Å². The second kappa shape index (κ2) is 5.40. The standard InChI is InChI=1S/C21H18N2/c1-14-11-12-20(15(2)13-14)22-23-21-18-9-5-3-7-16(18)17-8-4-6-10-19(17)21/h3-13,22H,1-2H3. The van der Waals surface area contributed by atoms with E-state index in [1.807, 2.05) is 0 Å². The van der Waals surface area contributed by atoms with Gasteiger partial charge in [0.2, 0.25) is 0 Å². The molecule has 0 saturated heterocycles. The Morgan fingerprint density at radius 2 is 1.26 bits per heavy atom. The fourth-order valence-corrected chi connectivity index (χ4v) is 3.17. The lowest BCUT2D eigenvalue weighted by Gasteiger charge is -2.08. The molecule has 0 heterocycles. The molecule has 0 unspecified atom stereocenters. The zero-order valence-electron chi connectivity index (χ0n) is 13.3. The minimum Gasteiger partial charge on any atom is -0.278 e. The van der Waals surface area contributed by atoms with Crippen LogP contribution in [0.1, 0.15) is 22.3 Å². The second-order valence-electron chi connectivity index (χ2n) is 5.98. The number of hydrogen-bond donors (Lipinski definition) is 1. The zero-order valence-corrected chi connectivity index (χ0v) is 13.3. The summed E-state index contributed by atoms with van der Waals surface area (Å²) in [5, 5.41) is 4.73. The van der Waals surface area contributed by atoms with E-state index in [0.29, 0.717) is 0 Å². The average Bonchev–Trinajstić information content (AvgIpc) is 2.89. The van der Waals surface area contributed by atoms with Crippen LogP contribution >= 0.6 is 0 Å². The molecule has 0 amide bonds. The summed E-state index contributed by atoms with van der Waals surface area (Å²) in [5.74, 6) is 0. The molecule has 1 N–H and O–H groups in total. The van der Waals surface area contributed by atoms with Gasteiger partial charge in [0.05, 0.1) is 11.4 Å². The zero-order chi connectivity index (χ0) is 15.8. The first-order chi connectivity index (χ1) is 11.2. The second-order valence-corrected chi connectivity index (χ2v) is 5.98. The first kappa shape index (κ1) is 13.8. The summed E-state index contributed by atoms with van der Waals surface area (Å²) in [4.78, 5) is 0. The van der Waals surface area contributed by atoms with Crippen molar-refractivity contribution in [3.63, 3.8) is 0 Å². The Morgan fingerprint density at radius 1 is 0.696 bits per heavy atom. The number of anilines is 1. The van der Waals surface area contributed by atoms with E-state index in [0.717, 1.165) is 11.4 Å². The van der Waals surface area contributed by atoms with E-state index in [9.17, 15) is 0 Å². The SMILES string of the molecule is Cc1ccc(NN=C2c3ccccc3-c3ccccc32)c(C)c1. The van der Waals surface area contributed by atoms with Gasteiger partial charge >= 0.3 is 0 Å². The molecular weight excluding hydrogens is 280 g/mol. The molecule has 0 fully saturated rings. The van der Waals surface area contributed by atoms with Crippen molar-refractivity contribution in [2.24, 2.45) is 5.10 Å². The number of hydrogen-bond acceptors (Lipinski definition) is 2. The van der Waals surface area contributed by atoms with Crippen molar-refractivity contribution in [1.29, 1.82) is 0 Å². The van der Waals surface area contributed by atoms with Crippen molar-refractivity contribution < 1.29 is 0 Å². The summed E-state index contributed by atoms with van der Waals surface area (Å²) < 4.78 is 0. The van der Waals surface area contributed by atoms with Crippen molar-refractivity contribution >= 4 is 11.4 Å². The van der Waals surface area contributed by atoms with Crippen molar-refractivity contribution in [3.05, 3.63) is 89.0 Å². The molecule has 4 rings (SSSR count). The topological polar surface area (TPSA) is 24.4 Å². The summed E-state index contributed by atoms with van der Waals surface area (Å²) in [7, 11) is 0. The van der Waals surface area contributed by atoms with Crippen LogP contribution in [0, 0.1) is 13.8 Å². The summed E-state index contributed by atoms with van der Waals surface area (Å²) in [5.41, 5.74) is 12.7. The predicted octanol–water partition coefficient (Wildman–Crippen LogP) is 5.15. The number of nitrogens with zero attached hydrogens (tertiary/aromatic N) is 1. The lowest BCUT2D eigenvalue weighted by Crippen LogP contribution is -2.03. The van der Waals surface area contributed by atoms with E-state index in [1.165, 1.54) is 33.4 Å². The maximum absolute atomic E-state index is 4.73. The normalized spacial score (nSPS) is 11.8.